The number of hydrogen-bond donors (Lipinski definition) is 1. The summed E-state index contributed by atoms with van der Waals surface area (Å²) in [6, 6.07) is 16.9. The monoisotopic (exact) mass is 311 g/mol. The van der Waals surface area contributed by atoms with E-state index in [4.69, 9.17) is 0 Å². The number of amides is 1. The highest BCUT2D eigenvalue weighted by molar-refractivity contribution is 7.16. The molecule has 110 valence electrons. The number of rotatable bonds is 4. The van der Waals surface area contributed by atoms with Gasteiger partial charge in [0.1, 0.15) is 6.54 Å². The van der Waals surface area contributed by atoms with E-state index in [0.29, 0.717) is 0 Å². The number of carbonyl (C=O) groups is 1. The van der Waals surface area contributed by atoms with Crippen molar-refractivity contribution in [3.63, 3.8) is 0 Å². The van der Waals surface area contributed by atoms with Gasteiger partial charge in [-0.1, -0.05) is 53.8 Å². The zero-order chi connectivity index (χ0) is 15.4. The van der Waals surface area contributed by atoms with Crippen LogP contribution in [0.25, 0.3) is 10.2 Å². The molecule has 0 spiro atoms. The van der Waals surface area contributed by atoms with Crippen molar-refractivity contribution in [1.82, 2.24) is 9.99 Å². The lowest BCUT2D eigenvalue weighted by atomic mass is 10.2. The average molecular weight is 311 g/mol. The van der Waals surface area contributed by atoms with Crippen LogP contribution in [0.5, 0.6) is 0 Å². The molecule has 0 radical (unpaired) electrons. The fraction of sp³-hybridized carbons (Fsp3) is 0.0625. The molecular formula is C16H13N3O2S. The summed E-state index contributed by atoms with van der Waals surface area (Å²) < 4.78 is 2.32. The number of nitrogens with one attached hydrogen (secondary N) is 1. The largest absolute Gasteiger partial charge is 0.308 e. The van der Waals surface area contributed by atoms with E-state index in [1.165, 1.54) is 4.57 Å². The van der Waals surface area contributed by atoms with Gasteiger partial charge in [-0.05, 0) is 17.7 Å². The number of aromatic nitrogens is 1. The van der Waals surface area contributed by atoms with E-state index in [1.807, 2.05) is 54.6 Å². The molecule has 1 aromatic heterocycles. The van der Waals surface area contributed by atoms with Crippen LogP contribution in [0.1, 0.15) is 5.56 Å². The predicted molar refractivity (Wildman–Crippen MR) is 88.3 cm³/mol. The maximum Gasteiger partial charge on any atom is 0.308 e. The minimum Gasteiger partial charge on any atom is -0.289 e. The third-order valence-electron chi connectivity index (χ3n) is 3.08. The lowest BCUT2D eigenvalue weighted by Crippen LogP contribution is -2.27. The zero-order valence-corrected chi connectivity index (χ0v) is 12.4. The standard InChI is InChI=1S/C16H13N3O2S/c20-15(18-17-10-12-6-2-1-3-7-12)11-19-13-8-4-5-9-14(13)22-16(19)21/h1-10H,11H2,(H,18,20)/b17-10+. The summed E-state index contributed by atoms with van der Waals surface area (Å²) in [6.45, 7) is -0.0467. The number of para-hydroxylation sites is 1. The molecule has 0 saturated carbocycles. The van der Waals surface area contributed by atoms with Crippen LogP contribution < -0.4 is 10.3 Å². The van der Waals surface area contributed by atoms with Gasteiger partial charge in [0.25, 0.3) is 5.91 Å². The average Bonchev–Trinajstić information content (AvgIpc) is 2.84. The Labute approximate surface area is 130 Å². The number of fused-ring (bicyclic) bond motifs is 1. The minimum atomic E-state index is -0.335. The summed E-state index contributed by atoms with van der Waals surface area (Å²) in [7, 11) is 0. The fourth-order valence-electron chi connectivity index (χ4n) is 2.06. The molecule has 0 atom stereocenters. The maximum atomic E-state index is 11.9. The quantitative estimate of drug-likeness (QED) is 0.593. The lowest BCUT2D eigenvalue weighted by molar-refractivity contribution is -0.121. The first-order chi connectivity index (χ1) is 10.7. The van der Waals surface area contributed by atoms with Crippen molar-refractivity contribution in [2.45, 2.75) is 6.54 Å². The third kappa shape index (κ3) is 3.12. The van der Waals surface area contributed by atoms with Crippen LogP contribution in [0.3, 0.4) is 0 Å². The maximum absolute atomic E-state index is 11.9. The molecule has 1 N–H and O–H groups in total. The molecular weight excluding hydrogens is 298 g/mol. The van der Waals surface area contributed by atoms with Crippen LogP contribution in [-0.2, 0) is 11.3 Å². The second-order valence-electron chi connectivity index (χ2n) is 4.63. The topological polar surface area (TPSA) is 63.5 Å². The number of benzene rings is 2. The third-order valence-corrected chi connectivity index (χ3v) is 4.04. The molecule has 2 aromatic carbocycles. The zero-order valence-electron chi connectivity index (χ0n) is 11.6. The molecule has 0 aliphatic heterocycles. The molecule has 0 aliphatic rings. The van der Waals surface area contributed by atoms with Crippen molar-refractivity contribution in [2.75, 3.05) is 0 Å². The van der Waals surface area contributed by atoms with Gasteiger partial charge < -0.3 is 0 Å². The van der Waals surface area contributed by atoms with E-state index in [2.05, 4.69) is 10.5 Å². The number of thiazole rings is 1. The molecule has 3 rings (SSSR count). The number of carbonyl (C=O) groups excluding carboxylic acids is 1. The van der Waals surface area contributed by atoms with Crippen LogP contribution in [-0.4, -0.2) is 16.7 Å². The van der Waals surface area contributed by atoms with Crippen LogP contribution in [0.15, 0.2) is 64.5 Å². The van der Waals surface area contributed by atoms with E-state index < -0.39 is 0 Å². The van der Waals surface area contributed by atoms with Crippen molar-refractivity contribution in [3.05, 3.63) is 69.8 Å². The Bertz CT molecular complexity index is 881. The molecule has 5 nitrogen and oxygen atoms in total. The molecule has 0 bridgehead atoms. The minimum absolute atomic E-state index is 0.0467. The number of nitrogens with zero attached hydrogens (tertiary/aromatic N) is 2. The summed E-state index contributed by atoms with van der Waals surface area (Å²) >= 11 is 1.13. The van der Waals surface area contributed by atoms with Gasteiger partial charge in [-0.2, -0.15) is 5.10 Å². The Hall–Kier alpha value is -2.73. The van der Waals surface area contributed by atoms with E-state index in [9.17, 15) is 9.59 Å². The summed E-state index contributed by atoms with van der Waals surface area (Å²) in [5.74, 6) is -0.335. The first-order valence-corrected chi connectivity index (χ1v) is 7.51. The molecule has 0 saturated heterocycles. The van der Waals surface area contributed by atoms with Gasteiger partial charge in [0, 0.05) is 0 Å². The molecule has 6 heteroatoms. The highest BCUT2D eigenvalue weighted by Crippen LogP contribution is 2.15. The number of hydrazone groups is 1. The molecule has 0 unspecified atom stereocenters. The van der Waals surface area contributed by atoms with E-state index >= 15 is 0 Å². The summed E-state index contributed by atoms with van der Waals surface area (Å²) in [6.07, 6.45) is 1.56. The van der Waals surface area contributed by atoms with Gasteiger partial charge in [0.2, 0.25) is 0 Å². The lowest BCUT2D eigenvalue weighted by Gasteiger charge is -2.02. The normalized spacial score (nSPS) is 11.1. The molecule has 0 fully saturated rings. The smallest absolute Gasteiger partial charge is 0.289 e. The van der Waals surface area contributed by atoms with Gasteiger partial charge in [0.15, 0.2) is 0 Å². The summed E-state index contributed by atoms with van der Waals surface area (Å²) in [5, 5.41) is 3.90. The van der Waals surface area contributed by atoms with E-state index in [0.717, 1.165) is 27.1 Å². The van der Waals surface area contributed by atoms with Crippen molar-refractivity contribution in [1.29, 1.82) is 0 Å². The van der Waals surface area contributed by atoms with Gasteiger partial charge in [0.05, 0.1) is 16.4 Å². The van der Waals surface area contributed by atoms with Crippen LogP contribution in [0.4, 0.5) is 0 Å². The first kappa shape index (κ1) is 14.2. The Kier molecular flexibility index (Phi) is 4.11. The molecule has 1 heterocycles. The second kappa shape index (κ2) is 6.36. The van der Waals surface area contributed by atoms with Crippen LogP contribution in [0, 0.1) is 0 Å². The van der Waals surface area contributed by atoms with Gasteiger partial charge in [-0.3, -0.25) is 14.2 Å². The van der Waals surface area contributed by atoms with Crippen molar-refractivity contribution in [2.24, 2.45) is 5.10 Å². The molecule has 1 amide bonds. The van der Waals surface area contributed by atoms with Crippen molar-refractivity contribution < 1.29 is 4.79 Å². The predicted octanol–water partition coefficient (Wildman–Crippen LogP) is 2.21. The second-order valence-corrected chi connectivity index (χ2v) is 5.62. The van der Waals surface area contributed by atoms with E-state index in [1.54, 1.807) is 6.21 Å². The highest BCUT2D eigenvalue weighted by Gasteiger charge is 2.10. The van der Waals surface area contributed by atoms with Gasteiger partial charge in [-0.25, -0.2) is 5.43 Å². The van der Waals surface area contributed by atoms with Crippen molar-refractivity contribution >= 4 is 33.7 Å². The first-order valence-electron chi connectivity index (χ1n) is 6.69. The molecule has 3 aromatic rings. The Morgan fingerprint density at radius 2 is 1.86 bits per heavy atom. The Balaban J connectivity index is 1.70. The van der Waals surface area contributed by atoms with Crippen LogP contribution in [0.2, 0.25) is 0 Å². The Morgan fingerprint density at radius 1 is 1.14 bits per heavy atom. The highest BCUT2D eigenvalue weighted by atomic mass is 32.1. The van der Waals surface area contributed by atoms with Gasteiger partial charge in [-0.15, -0.1) is 0 Å². The summed E-state index contributed by atoms with van der Waals surface area (Å²) in [4.78, 5) is 23.7. The van der Waals surface area contributed by atoms with Crippen molar-refractivity contribution in [3.8, 4) is 0 Å². The summed E-state index contributed by atoms with van der Waals surface area (Å²) in [5.41, 5.74) is 4.09. The Morgan fingerprint density at radius 3 is 2.68 bits per heavy atom. The SMILES string of the molecule is O=C(Cn1c(=O)sc2ccccc21)N/N=C/c1ccccc1. The van der Waals surface area contributed by atoms with Crippen LogP contribution >= 0.6 is 11.3 Å². The fourth-order valence-corrected chi connectivity index (χ4v) is 2.95. The van der Waals surface area contributed by atoms with E-state index in [-0.39, 0.29) is 17.3 Å². The van der Waals surface area contributed by atoms with Gasteiger partial charge >= 0.3 is 4.87 Å². The molecule has 0 aliphatic carbocycles. The molecule has 22 heavy (non-hydrogen) atoms. The number of hydrogen-bond acceptors (Lipinski definition) is 4.